The summed E-state index contributed by atoms with van der Waals surface area (Å²) >= 11 is -0.0534. The van der Waals surface area contributed by atoms with Crippen molar-refractivity contribution in [2.75, 3.05) is 0 Å². The van der Waals surface area contributed by atoms with Crippen LogP contribution in [0.4, 0.5) is 0 Å². The second kappa shape index (κ2) is 5.71. The van der Waals surface area contributed by atoms with Gasteiger partial charge in [0.25, 0.3) is 0 Å². The molecule has 2 aromatic rings. The molecule has 2 aromatic carbocycles. The van der Waals surface area contributed by atoms with Crippen LogP contribution in [0.5, 0.6) is 5.75 Å². The zero-order chi connectivity index (χ0) is 13.8. The number of nitriles is 1. The molecule has 1 aliphatic rings. The van der Waals surface area contributed by atoms with E-state index in [2.05, 4.69) is 29.2 Å². The molecular weight excluding hydrogens is 313 g/mol. The van der Waals surface area contributed by atoms with E-state index in [0.29, 0.717) is 0 Å². The van der Waals surface area contributed by atoms with E-state index < -0.39 is 0 Å². The summed E-state index contributed by atoms with van der Waals surface area (Å²) in [6.07, 6.45) is 1.95. The van der Waals surface area contributed by atoms with Crippen molar-refractivity contribution in [2.45, 2.75) is 23.8 Å². The van der Waals surface area contributed by atoms with Crippen molar-refractivity contribution in [1.29, 1.82) is 5.26 Å². The number of hydrogen-bond donors (Lipinski definition) is 0. The maximum atomic E-state index is 8.98. The molecule has 20 heavy (non-hydrogen) atoms. The molecule has 0 radical (unpaired) electrons. The third-order valence-corrected chi connectivity index (χ3v) is 5.30. The molecule has 0 fully saturated rings. The third kappa shape index (κ3) is 2.45. The third-order valence-electron chi connectivity index (χ3n) is 3.75. The molecule has 0 spiro atoms. The second-order valence-electron chi connectivity index (χ2n) is 4.95. The molecule has 0 unspecified atom stereocenters. The van der Waals surface area contributed by atoms with Crippen LogP contribution in [-0.2, 0) is 12.0 Å². The van der Waals surface area contributed by atoms with E-state index >= 15 is 0 Å². The van der Waals surface area contributed by atoms with Crippen LogP contribution in [0.3, 0.4) is 0 Å². The molecule has 0 N–H and O–H groups in total. The Labute approximate surface area is 125 Å². The van der Waals surface area contributed by atoms with E-state index in [1.807, 2.05) is 30.3 Å². The number of rotatable bonds is 3. The Hall–Kier alpha value is -1.75. The Morgan fingerprint density at radius 2 is 1.85 bits per heavy atom. The van der Waals surface area contributed by atoms with E-state index in [-0.39, 0.29) is 20.6 Å². The molecule has 0 aromatic heterocycles. The van der Waals surface area contributed by atoms with Crippen molar-refractivity contribution >= 4 is 15.0 Å². The molecule has 3 rings (SSSR count). The van der Waals surface area contributed by atoms with Crippen LogP contribution in [0, 0.1) is 10.2 Å². The summed E-state index contributed by atoms with van der Waals surface area (Å²) < 4.78 is 6.37. The van der Waals surface area contributed by atoms with Gasteiger partial charge in [0, 0.05) is 0 Å². The molecule has 0 aliphatic carbocycles. The van der Waals surface area contributed by atoms with Gasteiger partial charge in [-0.2, -0.15) is 0 Å². The molecule has 1 atom stereocenters. The Kier molecular flexibility index (Phi) is 3.78. The van der Waals surface area contributed by atoms with E-state index in [1.165, 1.54) is 11.1 Å². The molecule has 3 heteroatoms. The Bertz CT molecular complexity index is 635. The Balaban J connectivity index is 1.99. The van der Waals surface area contributed by atoms with Gasteiger partial charge < -0.3 is 0 Å². The molecule has 2 nitrogen and oxygen atoms in total. The summed E-state index contributed by atoms with van der Waals surface area (Å²) in [7, 11) is 0. The summed E-state index contributed by atoms with van der Waals surface area (Å²) in [5.41, 5.74) is 2.13. The predicted molar refractivity (Wildman–Crippen MR) is 79.7 cm³/mol. The van der Waals surface area contributed by atoms with Gasteiger partial charge in [-0.05, 0) is 0 Å². The monoisotopic (exact) mass is 329 g/mol. The van der Waals surface area contributed by atoms with Gasteiger partial charge in [0.15, 0.2) is 0 Å². The van der Waals surface area contributed by atoms with E-state index in [0.717, 1.165) is 23.9 Å². The average Bonchev–Trinajstić information content (AvgIpc) is 2.53. The van der Waals surface area contributed by atoms with Crippen LogP contribution >= 0.6 is 0 Å². The predicted octanol–water partition coefficient (Wildman–Crippen LogP) is 3.51. The standard InChI is InChI=1S/C17H15NOSe/c18-13-20-12-17(15-7-2-1-3-8-15)11-10-14-6-4-5-9-16(14)19-17/h1-9H,10-12H2/t17-/m1/s1. The van der Waals surface area contributed by atoms with Gasteiger partial charge >= 0.3 is 125 Å². The summed E-state index contributed by atoms with van der Waals surface area (Å²) in [5.74, 6) is 0.969. The minimum absolute atomic E-state index is 0.0534. The van der Waals surface area contributed by atoms with Crippen molar-refractivity contribution in [2.24, 2.45) is 0 Å². The van der Waals surface area contributed by atoms with Crippen molar-refractivity contribution in [1.82, 2.24) is 0 Å². The van der Waals surface area contributed by atoms with Gasteiger partial charge in [0.1, 0.15) is 0 Å². The van der Waals surface area contributed by atoms with Crippen LogP contribution in [0.15, 0.2) is 54.6 Å². The van der Waals surface area contributed by atoms with Gasteiger partial charge in [0.2, 0.25) is 0 Å². The molecule has 0 amide bonds. The van der Waals surface area contributed by atoms with E-state index in [9.17, 15) is 0 Å². The molecular formula is C17H15NOSe. The zero-order valence-electron chi connectivity index (χ0n) is 11.1. The van der Waals surface area contributed by atoms with Crippen molar-refractivity contribution in [3.63, 3.8) is 0 Å². The van der Waals surface area contributed by atoms with Crippen molar-refractivity contribution in [3.05, 3.63) is 65.7 Å². The number of benzene rings is 2. The van der Waals surface area contributed by atoms with Gasteiger partial charge in [-0.3, -0.25) is 0 Å². The van der Waals surface area contributed by atoms with Gasteiger partial charge in [-0.15, -0.1) is 0 Å². The number of fused-ring (bicyclic) bond motifs is 1. The van der Waals surface area contributed by atoms with Gasteiger partial charge in [-0.25, -0.2) is 0 Å². The van der Waals surface area contributed by atoms with Crippen LogP contribution in [0.2, 0.25) is 5.32 Å². The molecule has 0 saturated heterocycles. The van der Waals surface area contributed by atoms with Gasteiger partial charge in [-0.1, -0.05) is 0 Å². The number of aryl methyl sites for hydroxylation is 1. The molecule has 1 aliphatic heterocycles. The quantitative estimate of drug-likeness (QED) is 0.808. The van der Waals surface area contributed by atoms with Crippen LogP contribution in [0.1, 0.15) is 17.5 Å². The van der Waals surface area contributed by atoms with Crippen molar-refractivity contribution < 1.29 is 4.74 Å². The average molecular weight is 328 g/mol. The number of hydrogen-bond acceptors (Lipinski definition) is 2. The van der Waals surface area contributed by atoms with E-state index in [4.69, 9.17) is 10.00 Å². The van der Waals surface area contributed by atoms with Gasteiger partial charge in [0.05, 0.1) is 0 Å². The fraction of sp³-hybridized carbons (Fsp3) is 0.235. The summed E-state index contributed by atoms with van der Waals surface area (Å²) in [5, 5.41) is 9.78. The first-order valence-corrected chi connectivity index (χ1v) is 8.74. The second-order valence-corrected chi connectivity index (χ2v) is 6.54. The topological polar surface area (TPSA) is 33.0 Å². The first-order chi connectivity index (χ1) is 9.84. The van der Waals surface area contributed by atoms with Crippen LogP contribution in [0.25, 0.3) is 0 Å². The number of nitrogens with zero attached hydrogens (tertiary/aromatic N) is 1. The Morgan fingerprint density at radius 3 is 2.65 bits per heavy atom. The van der Waals surface area contributed by atoms with Crippen LogP contribution < -0.4 is 4.74 Å². The summed E-state index contributed by atoms with van der Waals surface area (Å²) in [6.45, 7) is 0. The summed E-state index contributed by atoms with van der Waals surface area (Å²) in [6, 6.07) is 18.5. The fourth-order valence-electron chi connectivity index (χ4n) is 2.69. The fourth-order valence-corrected chi connectivity index (χ4v) is 4.09. The van der Waals surface area contributed by atoms with E-state index in [1.54, 1.807) is 0 Å². The molecule has 0 bridgehead atoms. The molecule has 0 saturated carbocycles. The minimum atomic E-state index is -0.328. The van der Waals surface area contributed by atoms with Crippen molar-refractivity contribution in [3.8, 4) is 10.7 Å². The first kappa shape index (κ1) is 13.2. The zero-order valence-corrected chi connectivity index (χ0v) is 12.8. The maximum absolute atomic E-state index is 8.98. The first-order valence-electron chi connectivity index (χ1n) is 6.67. The molecule has 1 heterocycles. The molecule has 100 valence electrons. The normalized spacial score (nSPS) is 20.6. The SMILES string of the molecule is N#C[Se]C[C@@]1(c2ccccc2)CCc2ccccc2O1. The number of para-hydroxylation sites is 1. The van der Waals surface area contributed by atoms with Crippen LogP contribution in [-0.4, -0.2) is 15.0 Å². The summed E-state index contributed by atoms with van der Waals surface area (Å²) in [4.78, 5) is 2.32. The number of ether oxygens (including phenoxy) is 1. The Morgan fingerprint density at radius 1 is 1.10 bits per heavy atom.